The van der Waals surface area contributed by atoms with Crippen LogP contribution in [0, 0.1) is 6.92 Å². The maximum absolute atomic E-state index is 12.1. The zero-order valence-corrected chi connectivity index (χ0v) is 16.3. The molecule has 0 unspecified atom stereocenters. The minimum atomic E-state index is 0.0851. The summed E-state index contributed by atoms with van der Waals surface area (Å²) in [5.41, 5.74) is 6.17. The van der Waals surface area contributed by atoms with Crippen molar-refractivity contribution in [2.24, 2.45) is 0 Å². The summed E-state index contributed by atoms with van der Waals surface area (Å²) in [5, 5.41) is 1.12. The highest BCUT2D eigenvalue weighted by atomic mass is 16.2. The summed E-state index contributed by atoms with van der Waals surface area (Å²) in [6.07, 6.45) is 4.64. The lowest BCUT2D eigenvalue weighted by Gasteiger charge is -2.16. The molecule has 2 aromatic heterocycles. The van der Waals surface area contributed by atoms with Gasteiger partial charge in [0, 0.05) is 38.3 Å². The van der Waals surface area contributed by atoms with Crippen LogP contribution in [-0.2, 0) is 17.8 Å². The molecule has 3 aromatic rings. The molecule has 0 aliphatic carbocycles. The number of fused-ring (bicyclic) bond motifs is 1. The quantitative estimate of drug-likeness (QED) is 0.694. The Morgan fingerprint density at radius 2 is 1.96 bits per heavy atom. The van der Waals surface area contributed by atoms with Gasteiger partial charge in [0.25, 0.3) is 0 Å². The number of carbonyl (C=O) groups is 1. The highest BCUT2D eigenvalue weighted by Crippen LogP contribution is 2.27. The van der Waals surface area contributed by atoms with Gasteiger partial charge in [-0.05, 0) is 41.7 Å². The fourth-order valence-corrected chi connectivity index (χ4v) is 3.42. The second kappa shape index (κ2) is 7.32. The van der Waals surface area contributed by atoms with Crippen LogP contribution in [-0.4, -0.2) is 34.5 Å². The zero-order valence-electron chi connectivity index (χ0n) is 16.3. The normalized spacial score (nSPS) is 11.3. The lowest BCUT2D eigenvalue weighted by Crippen LogP contribution is -2.25. The molecule has 3 rings (SSSR count). The van der Waals surface area contributed by atoms with Crippen molar-refractivity contribution in [1.29, 1.82) is 0 Å². The Morgan fingerprint density at radius 3 is 2.65 bits per heavy atom. The number of pyridine rings is 1. The van der Waals surface area contributed by atoms with Crippen molar-refractivity contribution in [1.82, 2.24) is 14.5 Å². The van der Waals surface area contributed by atoms with Crippen LogP contribution in [0.25, 0.3) is 10.9 Å². The van der Waals surface area contributed by atoms with Crippen LogP contribution >= 0.6 is 0 Å². The lowest BCUT2D eigenvalue weighted by atomic mass is 9.90. The van der Waals surface area contributed by atoms with Crippen LogP contribution < -0.4 is 0 Å². The van der Waals surface area contributed by atoms with Gasteiger partial charge in [-0.15, -0.1) is 0 Å². The molecule has 0 bridgehead atoms. The largest absolute Gasteiger partial charge is 0.347 e. The van der Waals surface area contributed by atoms with Gasteiger partial charge in [0.1, 0.15) is 6.54 Å². The van der Waals surface area contributed by atoms with E-state index < -0.39 is 0 Å². The Balaban J connectivity index is 2.01. The molecule has 1 aromatic carbocycles. The number of nitrogens with zero attached hydrogens (tertiary/aromatic N) is 3. The van der Waals surface area contributed by atoms with Crippen LogP contribution in [0.4, 0.5) is 0 Å². The Hall–Kier alpha value is -2.62. The lowest BCUT2D eigenvalue weighted by molar-refractivity contribution is -0.129. The number of likely N-dealkylation sites (N-methyl/N-ethyl adjacent to an activating group) is 1. The summed E-state index contributed by atoms with van der Waals surface area (Å²) in [6.45, 7) is 6.98. The third kappa shape index (κ3) is 3.50. The van der Waals surface area contributed by atoms with E-state index >= 15 is 0 Å². The summed E-state index contributed by atoms with van der Waals surface area (Å²) >= 11 is 0. The molecular formula is C22H27N3O. The van der Waals surface area contributed by atoms with Gasteiger partial charge in [-0.2, -0.15) is 0 Å². The van der Waals surface area contributed by atoms with Crippen molar-refractivity contribution in [2.75, 3.05) is 14.1 Å². The first-order valence-electron chi connectivity index (χ1n) is 9.09. The van der Waals surface area contributed by atoms with Gasteiger partial charge in [0.2, 0.25) is 5.91 Å². The number of hydrogen-bond donors (Lipinski definition) is 0. The first kappa shape index (κ1) is 18.2. The minimum Gasteiger partial charge on any atom is -0.347 e. The molecule has 0 atom stereocenters. The Morgan fingerprint density at radius 1 is 1.19 bits per heavy atom. The maximum Gasteiger partial charge on any atom is 0.241 e. The Bertz CT molecular complexity index is 938. The molecule has 4 heteroatoms. The van der Waals surface area contributed by atoms with Crippen molar-refractivity contribution in [2.45, 2.75) is 39.7 Å². The van der Waals surface area contributed by atoms with Crippen molar-refractivity contribution in [3.8, 4) is 0 Å². The topological polar surface area (TPSA) is 38.1 Å². The molecule has 0 aliphatic rings. The van der Waals surface area contributed by atoms with Crippen LogP contribution in [0.1, 0.15) is 42.1 Å². The molecule has 2 heterocycles. The molecule has 0 fully saturated rings. The van der Waals surface area contributed by atoms with Crippen LogP contribution in [0.3, 0.4) is 0 Å². The van der Waals surface area contributed by atoms with E-state index in [0.29, 0.717) is 12.5 Å². The van der Waals surface area contributed by atoms with Crippen molar-refractivity contribution >= 4 is 16.8 Å². The molecule has 26 heavy (non-hydrogen) atoms. The Labute approximate surface area is 155 Å². The predicted octanol–water partition coefficient (Wildman–Crippen LogP) is 4.15. The zero-order chi connectivity index (χ0) is 18.8. The summed E-state index contributed by atoms with van der Waals surface area (Å²) < 4.78 is 2.00. The molecule has 0 N–H and O–H groups in total. The van der Waals surface area contributed by atoms with E-state index in [4.69, 9.17) is 0 Å². The standard InChI is InChI=1S/C22H27N3O/c1-15(2)17-8-6-7-16(3)19(17)13-20-18-10-12-25(14-22(26)24(4)5)21(18)9-11-23-20/h6-12,15H,13-14H2,1-5H3. The minimum absolute atomic E-state index is 0.0851. The highest BCUT2D eigenvalue weighted by molar-refractivity contribution is 5.85. The first-order valence-corrected chi connectivity index (χ1v) is 9.09. The van der Waals surface area contributed by atoms with Gasteiger partial charge < -0.3 is 9.47 Å². The number of hydrogen-bond acceptors (Lipinski definition) is 2. The fourth-order valence-electron chi connectivity index (χ4n) is 3.42. The van der Waals surface area contributed by atoms with Crippen LogP contribution in [0.15, 0.2) is 42.7 Å². The van der Waals surface area contributed by atoms with E-state index in [0.717, 1.165) is 23.0 Å². The third-order valence-corrected chi connectivity index (χ3v) is 5.00. The SMILES string of the molecule is Cc1cccc(C(C)C)c1Cc1nccc2c1ccn2CC(=O)N(C)C. The number of aryl methyl sites for hydroxylation is 1. The molecular weight excluding hydrogens is 322 g/mol. The van der Waals surface area contributed by atoms with Crippen molar-refractivity contribution in [3.05, 3.63) is 65.1 Å². The monoisotopic (exact) mass is 349 g/mol. The molecule has 0 saturated carbocycles. The van der Waals surface area contributed by atoms with Gasteiger partial charge in [0.05, 0.1) is 11.2 Å². The van der Waals surface area contributed by atoms with Gasteiger partial charge >= 0.3 is 0 Å². The molecule has 136 valence electrons. The number of rotatable bonds is 5. The number of benzene rings is 1. The molecule has 0 spiro atoms. The van der Waals surface area contributed by atoms with E-state index in [1.807, 2.05) is 23.0 Å². The molecule has 0 radical (unpaired) electrons. The number of aromatic nitrogens is 2. The number of carbonyl (C=O) groups excluding carboxylic acids is 1. The second-order valence-corrected chi connectivity index (χ2v) is 7.40. The molecule has 4 nitrogen and oxygen atoms in total. The smallest absolute Gasteiger partial charge is 0.241 e. The average Bonchev–Trinajstić information content (AvgIpc) is 3.00. The maximum atomic E-state index is 12.1. The number of amides is 1. The van der Waals surface area contributed by atoms with E-state index in [1.54, 1.807) is 19.0 Å². The van der Waals surface area contributed by atoms with Crippen molar-refractivity contribution in [3.63, 3.8) is 0 Å². The van der Waals surface area contributed by atoms with Gasteiger partial charge in [-0.1, -0.05) is 32.0 Å². The average molecular weight is 349 g/mol. The van der Waals surface area contributed by atoms with Gasteiger partial charge in [0.15, 0.2) is 0 Å². The summed E-state index contributed by atoms with van der Waals surface area (Å²) in [5.74, 6) is 0.563. The molecule has 0 aliphatic heterocycles. The van der Waals surface area contributed by atoms with Crippen LogP contribution in [0.2, 0.25) is 0 Å². The first-order chi connectivity index (χ1) is 12.4. The van der Waals surface area contributed by atoms with E-state index in [2.05, 4.69) is 50.0 Å². The summed E-state index contributed by atoms with van der Waals surface area (Å²) in [4.78, 5) is 18.4. The van der Waals surface area contributed by atoms with E-state index in [-0.39, 0.29) is 5.91 Å². The molecule has 0 saturated heterocycles. The second-order valence-electron chi connectivity index (χ2n) is 7.40. The summed E-state index contributed by atoms with van der Waals surface area (Å²) in [7, 11) is 3.57. The van der Waals surface area contributed by atoms with Gasteiger partial charge in [-0.3, -0.25) is 9.78 Å². The van der Waals surface area contributed by atoms with E-state index in [9.17, 15) is 4.79 Å². The van der Waals surface area contributed by atoms with Crippen LogP contribution in [0.5, 0.6) is 0 Å². The van der Waals surface area contributed by atoms with Crippen molar-refractivity contribution < 1.29 is 4.79 Å². The fraction of sp³-hybridized carbons (Fsp3) is 0.364. The predicted molar refractivity (Wildman–Crippen MR) is 107 cm³/mol. The summed E-state index contributed by atoms with van der Waals surface area (Å²) in [6, 6.07) is 10.6. The third-order valence-electron chi connectivity index (χ3n) is 5.00. The highest BCUT2D eigenvalue weighted by Gasteiger charge is 2.14. The van der Waals surface area contributed by atoms with Gasteiger partial charge in [-0.25, -0.2) is 0 Å². The molecule has 1 amide bonds. The van der Waals surface area contributed by atoms with E-state index in [1.165, 1.54) is 16.7 Å². The Kier molecular flexibility index (Phi) is 5.12.